The summed E-state index contributed by atoms with van der Waals surface area (Å²) in [5, 5.41) is 0. The Balaban J connectivity index is 2.04. The van der Waals surface area contributed by atoms with Gasteiger partial charge in [0.25, 0.3) is 0 Å². The van der Waals surface area contributed by atoms with Gasteiger partial charge >= 0.3 is 0 Å². The minimum absolute atomic E-state index is 0.444. The molecule has 0 spiro atoms. The van der Waals surface area contributed by atoms with Crippen molar-refractivity contribution in [1.82, 2.24) is 0 Å². The van der Waals surface area contributed by atoms with Gasteiger partial charge < -0.3 is 9.47 Å². The van der Waals surface area contributed by atoms with E-state index in [1.807, 2.05) is 12.2 Å². The highest BCUT2D eigenvalue weighted by Crippen LogP contribution is 2.23. The van der Waals surface area contributed by atoms with Gasteiger partial charge in [-0.05, 0) is 38.5 Å². The van der Waals surface area contributed by atoms with Crippen molar-refractivity contribution in [2.24, 2.45) is 0 Å². The highest BCUT2D eigenvalue weighted by molar-refractivity contribution is 4.75. The Morgan fingerprint density at radius 3 is 1.50 bits per heavy atom. The van der Waals surface area contributed by atoms with E-state index in [0.29, 0.717) is 12.2 Å². The normalized spacial score (nSPS) is 25.2. The predicted octanol–water partition coefficient (Wildman–Crippen LogP) is 3.48. The minimum atomic E-state index is 0.444. The van der Waals surface area contributed by atoms with Crippen molar-refractivity contribution < 1.29 is 9.47 Å². The van der Waals surface area contributed by atoms with Crippen LogP contribution in [0.15, 0.2) is 25.3 Å². The first-order valence-corrected chi connectivity index (χ1v) is 6.31. The maximum atomic E-state index is 5.75. The molecule has 0 aromatic rings. The lowest BCUT2D eigenvalue weighted by molar-refractivity contribution is -0.0289. The van der Waals surface area contributed by atoms with E-state index in [9.17, 15) is 0 Å². The Hall–Kier alpha value is -0.600. The summed E-state index contributed by atoms with van der Waals surface area (Å²) in [5.74, 6) is 0. The molecule has 16 heavy (non-hydrogen) atoms. The van der Waals surface area contributed by atoms with Gasteiger partial charge in [0.05, 0.1) is 25.4 Å². The van der Waals surface area contributed by atoms with Crippen LogP contribution >= 0.6 is 0 Å². The Morgan fingerprint density at radius 2 is 1.19 bits per heavy atom. The van der Waals surface area contributed by atoms with Gasteiger partial charge in [-0.2, -0.15) is 0 Å². The molecule has 0 unspecified atom stereocenters. The van der Waals surface area contributed by atoms with Gasteiger partial charge in [-0.3, -0.25) is 0 Å². The summed E-state index contributed by atoms with van der Waals surface area (Å²) in [4.78, 5) is 0. The molecule has 0 N–H and O–H groups in total. The van der Waals surface area contributed by atoms with Crippen LogP contribution in [0.3, 0.4) is 0 Å². The fraction of sp³-hybridized carbons (Fsp3) is 0.714. The van der Waals surface area contributed by atoms with Crippen molar-refractivity contribution in [2.75, 3.05) is 13.2 Å². The standard InChI is InChI=1S/C14H24O2/c1-3-5-11-15-13-7-9-14(10-8-13)16-12-6-4-2/h3-4,13-14H,1-2,5-12H2. The van der Waals surface area contributed by atoms with Crippen LogP contribution in [-0.4, -0.2) is 25.4 Å². The maximum absolute atomic E-state index is 5.75. The molecular formula is C14H24O2. The predicted molar refractivity (Wildman–Crippen MR) is 67.6 cm³/mol. The molecule has 0 amide bonds. The van der Waals surface area contributed by atoms with E-state index in [1.54, 1.807) is 0 Å². The minimum Gasteiger partial charge on any atom is -0.378 e. The van der Waals surface area contributed by atoms with E-state index < -0.39 is 0 Å². The molecule has 92 valence electrons. The zero-order valence-electron chi connectivity index (χ0n) is 10.2. The summed E-state index contributed by atoms with van der Waals surface area (Å²) in [5.41, 5.74) is 0. The van der Waals surface area contributed by atoms with Gasteiger partial charge in [0, 0.05) is 0 Å². The Bertz CT molecular complexity index is 171. The van der Waals surface area contributed by atoms with Crippen molar-refractivity contribution in [2.45, 2.75) is 50.7 Å². The molecule has 1 saturated carbocycles. The molecule has 1 aliphatic carbocycles. The summed E-state index contributed by atoms with van der Waals surface area (Å²) >= 11 is 0. The summed E-state index contributed by atoms with van der Waals surface area (Å²) in [7, 11) is 0. The van der Waals surface area contributed by atoms with Crippen LogP contribution in [0.4, 0.5) is 0 Å². The van der Waals surface area contributed by atoms with Gasteiger partial charge in [0.2, 0.25) is 0 Å². The first kappa shape index (κ1) is 13.5. The highest BCUT2D eigenvalue weighted by Gasteiger charge is 2.21. The molecule has 2 heteroatoms. The van der Waals surface area contributed by atoms with E-state index in [1.165, 1.54) is 0 Å². The van der Waals surface area contributed by atoms with Gasteiger partial charge in [0.15, 0.2) is 0 Å². The van der Waals surface area contributed by atoms with Crippen LogP contribution in [-0.2, 0) is 9.47 Å². The molecule has 0 aliphatic heterocycles. The first-order chi connectivity index (χ1) is 7.86. The van der Waals surface area contributed by atoms with Crippen molar-refractivity contribution in [3.05, 3.63) is 25.3 Å². The average molecular weight is 224 g/mol. The molecule has 1 fully saturated rings. The van der Waals surface area contributed by atoms with E-state index in [2.05, 4.69) is 13.2 Å². The number of rotatable bonds is 8. The maximum Gasteiger partial charge on any atom is 0.0577 e. The zero-order chi connectivity index (χ0) is 11.6. The summed E-state index contributed by atoms with van der Waals surface area (Å²) < 4.78 is 11.5. The van der Waals surface area contributed by atoms with Crippen LogP contribution < -0.4 is 0 Å². The molecule has 2 nitrogen and oxygen atoms in total. The van der Waals surface area contributed by atoms with Crippen LogP contribution in [0.2, 0.25) is 0 Å². The van der Waals surface area contributed by atoms with E-state index >= 15 is 0 Å². The van der Waals surface area contributed by atoms with Gasteiger partial charge in [-0.25, -0.2) is 0 Å². The van der Waals surface area contributed by atoms with E-state index in [4.69, 9.17) is 9.47 Å². The highest BCUT2D eigenvalue weighted by atomic mass is 16.5. The second-order valence-electron chi connectivity index (χ2n) is 4.29. The monoisotopic (exact) mass is 224 g/mol. The first-order valence-electron chi connectivity index (χ1n) is 6.31. The summed E-state index contributed by atoms with van der Waals surface area (Å²) in [6, 6.07) is 0. The molecule has 0 saturated heterocycles. The van der Waals surface area contributed by atoms with Crippen LogP contribution in [0, 0.1) is 0 Å². The van der Waals surface area contributed by atoms with Crippen LogP contribution in [0.5, 0.6) is 0 Å². The van der Waals surface area contributed by atoms with Crippen molar-refractivity contribution in [3.8, 4) is 0 Å². The molecule has 1 aliphatic rings. The lowest BCUT2D eigenvalue weighted by Crippen LogP contribution is -2.27. The van der Waals surface area contributed by atoms with Gasteiger partial charge in [-0.1, -0.05) is 12.2 Å². The zero-order valence-corrected chi connectivity index (χ0v) is 10.2. The van der Waals surface area contributed by atoms with Gasteiger partial charge in [-0.15, -0.1) is 13.2 Å². The summed E-state index contributed by atoms with van der Waals surface area (Å²) in [6.07, 6.45) is 11.1. The second-order valence-corrected chi connectivity index (χ2v) is 4.29. The Labute approximate surface area is 99.3 Å². The van der Waals surface area contributed by atoms with Crippen molar-refractivity contribution >= 4 is 0 Å². The molecule has 1 rings (SSSR count). The van der Waals surface area contributed by atoms with E-state index in [-0.39, 0.29) is 0 Å². The second kappa shape index (κ2) is 8.54. The third kappa shape index (κ3) is 5.47. The third-order valence-corrected chi connectivity index (χ3v) is 2.97. The lowest BCUT2D eigenvalue weighted by atomic mass is 9.95. The molecule has 0 bridgehead atoms. The van der Waals surface area contributed by atoms with Crippen molar-refractivity contribution in [3.63, 3.8) is 0 Å². The molecule has 0 atom stereocenters. The fourth-order valence-electron chi connectivity index (χ4n) is 2.00. The van der Waals surface area contributed by atoms with Gasteiger partial charge in [0.1, 0.15) is 0 Å². The van der Waals surface area contributed by atoms with Crippen LogP contribution in [0.1, 0.15) is 38.5 Å². The molecule has 0 aromatic carbocycles. The Kier molecular flexibility index (Phi) is 7.19. The number of hydrogen-bond donors (Lipinski definition) is 0. The van der Waals surface area contributed by atoms with Crippen LogP contribution in [0.25, 0.3) is 0 Å². The molecule has 0 heterocycles. The topological polar surface area (TPSA) is 18.5 Å². The quantitative estimate of drug-likeness (QED) is 0.464. The number of ether oxygens (including phenoxy) is 2. The van der Waals surface area contributed by atoms with E-state index in [0.717, 1.165) is 51.7 Å². The molecular weight excluding hydrogens is 200 g/mol. The number of hydrogen-bond acceptors (Lipinski definition) is 2. The fourth-order valence-corrected chi connectivity index (χ4v) is 2.00. The molecule has 0 radical (unpaired) electrons. The third-order valence-electron chi connectivity index (χ3n) is 2.97. The largest absolute Gasteiger partial charge is 0.378 e. The SMILES string of the molecule is C=CCCOC1CCC(OCCC=C)CC1. The van der Waals surface area contributed by atoms with Crippen molar-refractivity contribution in [1.29, 1.82) is 0 Å². The summed E-state index contributed by atoms with van der Waals surface area (Å²) in [6.45, 7) is 9.01. The smallest absolute Gasteiger partial charge is 0.0577 e. The molecule has 0 aromatic heterocycles. The Morgan fingerprint density at radius 1 is 0.812 bits per heavy atom. The lowest BCUT2D eigenvalue weighted by Gasteiger charge is -2.28. The average Bonchev–Trinajstić information content (AvgIpc) is 2.32.